The SMILES string of the molecule is Cl.O=C(Nc1ccccn1)OCc1ccc(C2CCNCC2OCc2ccc3ccccc3c2)cc1. The fourth-order valence-electron chi connectivity index (χ4n) is 4.51. The number of aromatic nitrogens is 1. The van der Waals surface area contributed by atoms with Gasteiger partial charge in [-0.2, -0.15) is 0 Å². The van der Waals surface area contributed by atoms with E-state index < -0.39 is 6.09 Å². The molecule has 0 aliphatic carbocycles. The topological polar surface area (TPSA) is 72.5 Å². The number of halogens is 1. The summed E-state index contributed by atoms with van der Waals surface area (Å²) in [5.41, 5.74) is 3.37. The van der Waals surface area contributed by atoms with Crippen molar-refractivity contribution >= 4 is 35.1 Å². The molecule has 4 aromatic rings. The minimum Gasteiger partial charge on any atom is -0.444 e. The second-order valence-corrected chi connectivity index (χ2v) is 8.79. The normalized spacial score (nSPS) is 17.2. The zero-order chi connectivity index (χ0) is 23.9. The lowest BCUT2D eigenvalue weighted by Gasteiger charge is -2.32. The molecule has 2 unspecified atom stereocenters. The first-order valence-corrected chi connectivity index (χ1v) is 12.0. The van der Waals surface area contributed by atoms with Crippen LogP contribution in [-0.2, 0) is 22.7 Å². The van der Waals surface area contributed by atoms with Crippen molar-refractivity contribution in [3.63, 3.8) is 0 Å². The zero-order valence-electron chi connectivity index (χ0n) is 19.9. The molecule has 1 fully saturated rings. The standard InChI is InChI=1S/C29H29N3O3.ClH/c33-29(32-28-7-3-4-15-31-28)35-19-21-8-12-24(13-9-21)26-14-16-30-18-27(26)34-20-22-10-11-23-5-1-2-6-25(23)17-22;/h1-13,15,17,26-27,30H,14,16,18-20H2,(H,31,32,33);1H. The van der Waals surface area contributed by atoms with Crippen molar-refractivity contribution in [2.75, 3.05) is 18.4 Å². The number of nitrogens with one attached hydrogen (secondary N) is 2. The number of rotatable bonds is 7. The van der Waals surface area contributed by atoms with Crippen molar-refractivity contribution in [1.29, 1.82) is 0 Å². The lowest BCUT2D eigenvalue weighted by molar-refractivity contribution is 0.0106. The van der Waals surface area contributed by atoms with Gasteiger partial charge in [-0.25, -0.2) is 9.78 Å². The van der Waals surface area contributed by atoms with E-state index in [1.54, 1.807) is 24.4 Å². The highest BCUT2D eigenvalue weighted by Gasteiger charge is 2.27. The van der Waals surface area contributed by atoms with Crippen LogP contribution in [0.25, 0.3) is 10.8 Å². The largest absolute Gasteiger partial charge is 0.444 e. The Morgan fingerprint density at radius 3 is 2.50 bits per heavy atom. The number of hydrogen-bond donors (Lipinski definition) is 2. The summed E-state index contributed by atoms with van der Waals surface area (Å²) in [5, 5.41) is 8.57. The maximum atomic E-state index is 12.0. The van der Waals surface area contributed by atoms with Gasteiger partial charge in [-0.1, -0.05) is 66.7 Å². The van der Waals surface area contributed by atoms with Crippen LogP contribution >= 0.6 is 12.4 Å². The van der Waals surface area contributed by atoms with Crippen LogP contribution in [0.1, 0.15) is 29.0 Å². The van der Waals surface area contributed by atoms with E-state index in [0.29, 0.717) is 18.3 Å². The van der Waals surface area contributed by atoms with E-state index in [1.165, 1.54) is 21.9 Å². The van der Waals surface area contributed by atoms with Crippen LogP contribution in [0.2, 0.25) is 0 Å². The molecule has 3 aromatic carbocycles. The van der Waals surface area contributed by atoms with Crippen LogP contribution in [0.4, 0.5) is 10.6 Å². The summed E-state index contributed by atoms with van der Waals surface area (Å²) in [4.78, 5) is 16.1. The van der Waals surface area contributed by atoms with E-state index in [2.05, 4.69) is 70.2 Å². The molecule has 2 heterocycles. The molecule has 1 saturated heterocycles. The summed E-state index contributed by atoms with van der Waals surface area (Å²) in [5.74, 6) is 0.785. The number of nitrogens with zero attached hydrogens (tertiary/aromatic N) is 1. The van der Waals surface area contributed by atoms with Gasteiger partial charge >= 0.3 is 6.09 Å². The maximum absolute atomic E-state index is 12.0. The molecule has 7 heteroatoms. The first-order valence-electron chi connectivity index (χ1n) is 12.0. The predicted molar refractivity (Wildman–Crippen MR) is 144 cm³/mol. The van der Waals surface area contributed by atoms with Crippen LogP contribution < -0.4 is 10.6 Å². The summed E-state index contributed by atoms with van der Waals surface area (Å²) in [6.07, 6.45) is 2.22. The zero-order valence-corrected chi connectivity index (χ0v) is 20.7. The van der Waals surface area contributed by atoms with E-state index in [9.17, 15) is 4.79 Å². The Balaban J connectivity index is 0.00000304. The summed E-state index contributed by atoms with van der Waals surface area (Å²) in [7, 11) is 0. The van der Waals surface area contributed by atoms with Crippen molar-refractivity contribution in [2.24, 2.45) is 0 Å². The molecule has 1 aromatic heterocycles. The van der Waals surface area contributed by atoms with Gasteiger partial charge in [-0.15, -0.1) is 12.4 Å². The molecule has 0 spiro atoms. The van der Waals surface area contributed by atoms with Gasteiger partial charge in [0.15, 0.2) is 0 Å². The molecule has 2 atom stereocenters. The second kappa shape index (κ2) is 12.5. The van der Waals surface area contributed by atoms with Crippen molar-refractivity contribution in [3.05, 3.63) is 108 Å². The van der Waals surface area contributed by atoms with Crippen molar-refractivity contribution in [1.82, 2.24) is 10.3 Å². The third kappa shape index (κ3) is 6.61. The monoisotopic (exact) mass is 503 g/mol. The number of carbonyl (C=O) groups is 1. The smallest absolute Gasteiger partial charge is 0.413 e. The number of benzene rings is 3. The molecule has 0 bridgehead atoms. The summed E-state index contributed by atoms with van der Waals surface area (Å²) in [6.45, 7) is 2.59. The van der Waals surface area contributed by atoms with Crippen molar-refractivity contribution < 1.29 is 14.3 Å². The van der Waals surface area contributed by atoms with Gasteiger partial charge < -0.3 is 14.8 Å². The molecular formula is C29H30ClN3O3. The molecular weight excluding hydrogens is 474 g/mol. The Labute approximate surface area is 217 Å². The van der Waals surface area contributed by atoms with Crippen LogP contribution in [0.5, 0.6) is 0 Å². The number of hydrogen-bond acceptors (Lipinski definition) is 5. The molecule has 186 valence electrons. The Kier molecular flexibility index (Phi) is 8.90. The Bertz CT molecular complexity index is 1270. The summed E-state index contributed by atoms with van der Waals surface area (Å²) in [6, 6.07) is 28.5. The molecule has 6 nitrogen and oxygen atoms in total. The van der Waals surface area contributed by atoms with Gasteiger partial charge in [-0.3, -0.25) is 5.32 Å². The van der Waals surface area contributed by atoms with E-state index in [4.69, 9.17) is 9.47 Å². The van der Waals surface area contributed by atoms with Gasteiger partial charge in [0.2, 0.25) is 0 Å². The molecule has 0 radical (unpaired) electrons. The quantitative estimate of drug-likeness (QED) is 0.320. The minimum absolute atomic E-state index is 0. The molecule has 0 saturated carbocycles. The number of anilines is 1. The first-order chi connectivity index (χ1) is 17.2. The van der Waals surface area contributed by atoms with Crippen molar-refractivity contribution in [3.8, 4) is 0 Å². The lowest BCUT2D eigenvalue weighted by Crippen LogP contribution is -2.40. The highest BCUT2D eigenvalue weighted by Crippen LogP contribution is 2.29. The number of piperidine rings is 1. The summed E-state index contributed by atoms with van der Waals surface area (Å²) < 4.78 is 11.7. The average molecular weight is 504 g/mol. The predicted octanol–water partition coefficient (Wildman–Crippen LogP) is 6.07. The van der Waals surface area contributed by atoms with Crippen LogP contribution in [0.3, 0.4) is 0 Å². The molecule has 1 aliphatic rings. The third-order valence-electron chi connectivity index (χ3n) is 6.38. The lowest BCUT2D eigenvalue weighted by atomic mass is 9.87. The van der Waals surface area contributed by atoms with E-state index in [1.807, 2.05) is 12.1 Å². The maximum Gasteiger partial charge on any atom is 0.413 e. The number of fused-ring (bicyclic) bond motifs is 1. The van der Waals surface area contributed by atoms with Gasteiger partial charge in [-0.05, 0) is 58.6 Å². The highest BCUT2D eigenvalue weighted by molar-refractivity contribution is 5.85. The first kappa shape index (κ1) is 25.6. The Hall–Kier alpha value is -3.45. The number of ether oxygens (including phenoxy) is 2. The van der Waals surface area contributed by atoms with Gasteiger partial charge in [0, 0.05) is 18.7 Å². The van der Waals surface area contributed by atoms with E-state index >= 15 is 0 Å². The van der Waals surface area contributed by atoms with Crippen molar-refractivity contribution in [2.45, 2.75) is 31.7 Å². The van der Waals surface area contributed by atoms with Crippen LogP contribution in [0.15, 0.2) is 91.1 Å². The number of pyridine rings is 1. The Morgan fingerprint density at radius 1 is 0.917 bits per heavy atom. The Morgan fingerprint density at radius 2 is 1.69 bits per heavy atom. The molecule has 2 N–H and O–H groups in total. The number of amides is 1. The number of carbonyl (C=O) groups excluding carboxylic acids is 1. The van der Waals surface area contributed by atoms with E-state index in [0.717, 1.165) is 25.1 Å². The average Bonchev–Trinajstić information content (AvgIpc) is 2.92. The van der Waals surface area contributed by atoms with E-state index in [-0.39, 0.29) is 25.1 Å². The van der Waals surface area contributed by atoms with Crippen LogP contribution in [0, 0.1) is 0 Å². The van der Waals surface area contributed by atoms with Gasteiger partial charge in [0.05, 0.1) is 12.7 Å². The third-order valence-corrected chi connectivity index (χ3v) is 6.38. The van der Waals surface area contributed by atoms with Gasteiger partial charge in [0.25, 0.3) is 0 Å². The molecule has 1 amide bonds. The molecule has 36 heavy (non-hydrogen) atoms. The fraction of sp³-hybridized carbons (Fsp3) is 0.241. The second-order valence-electron chi connectivity index (χ2n) is 8.79. The van der Waals surface area contributed by atoms with Gasteiger partial charge in [0.1, 0.15) is 12.4 Å². The molecule has 1 aliphatic heterocycles. The fourth-order valence-corrected chi connectivity index (χ4v) is 4.51. The molecule has 5 rings (SSSR count). The van der Waals surface area contributed by atoms with Crippen LogP contribution in [-0.4, -0.2) is 30.3 Å². The minimum atomic E-state index is -0.520. The summed E-state index contributed by atoms with van der Waals surface area (Å²) >= 11 is 0. The highest BCUT2D eigenvalue weighted by atomic mass is 35.5.